The molecule has 0 fully saturated rings. The quantitative estimate of drug-likeness (QED) is 0.766. The molecule has 0 saturated carbocycles. The fourth-order valence-corrected chi connectivity index (χ4v) is 2.74. The monoisotopic (exact) mass is 209 g/mol. The van der Waals surface area contributed by atoms with Crippen molar-refractivity contribution in [3.8, 4) is 11.1 Å². The van der Waals surface area contributed by atoms with E-state index in [0.717, 1.165) is 6.42 Å². The highest BCUT2D eigenvalue weighted by atomic mass is 14.8. The highest BCUT2D eigenvalue weighted by molar-refractivity contribution is 5.80. The van der Waals surface area contributed by atoms with Gasteiger partial charge in [0.25, 0.3) is 0 Å². The summed E-state index contributed by atoms with van der Waals surface area (Å²) in [6.45, 7) is 2.15. The maximum atomic E-state index is 6.58. The zero-order valence-electron chi connectivity index (χ0n) is 9.40. The van der Waals surface area contributed by atoms with Gasteiger partial charge < -0.3 is 5.73 Å². The molecule has 0 aliphatic heterocycles. The van der Waals surface area contributed by atoms with Crippen molar-refractivity contribution in [2.45, 2.75) is 18.9 Å². The molecular weight excluding hydrogens is 194 g/mol. The van der Waals surface area contributed by atoms with E-state index in [-0.39, 0.29) is 5.54 Å². The van der Waals surface area contributed by atoms with Crippen LogP contribution in [0.25, 0.3) is 11.1 Å². The summed E-state index contributed by atoms with van der Waals surface area (Å²) >= 11 is 0. The second kappa shape index (κ2) is 3.19. The third kappa shape index (κ3) is 1.04. The van der Waals surface area contributed by atoms with Crippen molar-refractivity contribution in [2.75, 3.05) is 0 Å². The van der Waals surface area contributed by atoms with E-state index in [4.69, 9.17) is 5.73 Å². The molecule has 3 rings (SSSR count). The summed E-state index contributed by atoms with van der Waals surface area (Å²) < 4.78 is 0. The summed E-state index contributed by atoms with van der Waals surface area (Å²) in [5.74, 6) is 0. The molecule has 1 heteroatoms. The zero-order chi connectivity index (χ0) is 11.2. The minimum absolute atomic E-state index is 0.298. The fraction of sp³-hybridized carbons (Fsp3) is 0.200. The number of hydrogen-bond acceptors (Lipinski definition) is 1. The first-order valence-corrected chi connectivity index (χ1v) is 5.75. The lowest BCUT2D eigenvalue weighted by Gasteiger charge is -2.25. The molecule has 0 heterocycles. The molecule has 16 heavy (non-hydrogen) atoms. The lowest BCUT2D eigenvalue weighted by Crippen LogP contribution is -2.34. The van der Waals surface area contributed by atoms with Crippen LogP contribution in [0.15, 0.2) is 48.5 Å². The predicted molar refractivity (Wildman–Crippen MR) is 67.1 cm³/mol. The minimum Gasteiger partial charge on any atom is -0.318 e. The van der Waals surface area contributed by atoms with Gasteiger partial charge in [-0.25, -0.2) is 0 Å². The van der Waals surface area contributed by atoms with Gasteiger partial charge in [-0.3, -0.25) is 0 Å². The van der Waals surface area contributed by atoms with E-state index in [1.165, 1.54) is 22.3 Å². The summed E-state index contributed by atoms with van der Waals surface area (Å²) in [6, 6.07) is 16.9. The molecule has 1 aliphatic carbocycles. The summed E-state index contributed by atoms with van der Waals surface area (Å²) in [6.07, 6.45) is 0.932. The van der Waals surface area contributed by atoms with Crippen LogP contribution in [0.5, 0.6) is 0 Å². The number of nitrogens with two attached hydrogens (primary N) is 1. The van der Waals surface area contributed by atoms with Gasteiger partial charge in [-0.15, -0.1) is 0 Å². The first-order valence-electron chi connectivity index (χ1n) is 5.75. The van der Waals surface area contributed by atoms with Crippen LogP contribution in [-0.2, 0) is 5.54 Å². The number of rotatable bonds is 1. The van der Waals surface area contributed by atoms with Gasteiger partial charge in [-0.2, -0.15) is 0 Å². The lowest BCUT2D eigenvalue weighted by atomic mass is 9.86. The topological polar surface area (TPSA) is 26.0 Å². The van der Waals surface area contributed by atoms with Crippen LogP contribution in [0.1, 0.15) is 24.5 Å². The molecule has 0 spiro atoms. The van der Waals surface area contributed by atoms with Crippen molar-refractivity contribution in [1.82, 2.24) is 0 Å². The SMILES string of the molecule is CCC1(N)c2ccccc2-c2ccccc21. The lowest BCUT2D eigenvalue weighted by molar-refractivity contribution is 0.533. The van der Waals surface area contributed by atoms with Crippen LogP contribution >= 0.6 is 0 Å². The first-order chi connectivity index (χ1) is 7.77. The standard InChI is InChI=1S/C15H15N/c1-2-15(16)13-9-5-3-7-11(13)12-8-4-6-10-14(12)15/h3-10H,2,16H2,1H3. The van der Waals surface area contributed by atoms with Gasteiger partial charge in [0.1, 0.15) is 0 Å². The Bertz CT molecular complexity index is 497. The van der Waals surface area contributed by atoms with Gasteiger partial charge in [-0.05, 0) is 28.7 Å². The number of fused-ring (bicyclic) bond motifs is 3. The maximum Gasteiger partial charge on any atom is 0.0675 e. The van der Waals surface area contributed by atoms with E-state index in [2.05, 4.69) is 55.5 Å². The molecule has 0 bridgehead atoms. The van der Waals surface area contributed by atoms with Crippen molar-refractivity contribution in [3.05, 3.63) is 59.7 Å². The Morgan fingerprint density at radius 2 is 1.31 bits per heavy atom. The molecule has 80 valence electrons. The highest BCUT2D eigenvalue weighted by Gasteiger charge is 2.37. The number of hydrogen-bond donors (Lipinski definition) is 1. The second-order valence-corrected chi connectivity index (χ2v) is 4.42. The summed E-state index contributed by atoms with van der Waals surface area (Å²) in [4.78, 5) is 0. The van der Waals surface area contributed by atoms with E-state index < -0.39 is 0 Å². The molecule has 0 aromatic heterocycles. The van der Waals surface area contributed by atoms with Gasteiger partial charge in [0.05, 0.1) is 5.54 Å². The van der Waals surface area contributed by atoms with E-state index in [9.17, 15) is 0 Å². The molecule has 2 aromatic carbocycles. The van der Waals surface area contributed by atoms with Crippen LogP contribution in [-0.4, -0.2) is 0 Å². The molecule has 2 N–H and O–H groups in total. The Morgan fingerprint density at radius 1 is 0.875 bits per heavy atom. The van der Waals surface area contributed by atoms with Crippen LogP contribution in [0.3, 0.4) is 0 Å². The molecule has 0 unspecified atom stereocenters. The summed E-state index contributed by atoms with van der Waals surface area (Å²) in [5.41, 5.74) is 11.4. The molecule has 0 amide bonds. The second-order valence-electron chi connectivity index (χ2n) is 4.42. The molecule has 0 radical (unpaired) electrons. The number of benzene rings is 2. The molecule has 1 aliphatic rings. The van der Waals surface area contributed by atoms with Crippen LogP contribution in [0, 0.1) is 0 Å². The van der Waals surface area contributed by atoms with Gasteiger partial charge in [0.15, 0.2) is 0 Å². The zero-order valence-corrected chi connectivity index (χ0v) is 9.40. The Morgan fingerprint density at radius 3 is 1.75 bits per heavy atom. The largest absolute Gasteiger partial charge is 0.318 e. The van der Waals surface area contributed by atoms with Gasteiger partial charge in [0, 0.05) is 0 Å². The molecule has 1 nitrogen and oxygen atoms in total. The normalized spacial score (nSPS) is 15.6. The van der Waals surface area contributed by atoms with Crippen LogP contribution in [0.4, 0.5) is 0 Å². The highest BCUT2D eigenvalue weighted by Crippen LogP contribution is 2.47. The summed E-state index contributed by atoms with van der Waals surface area (Å²) in [7, 11) is 0. The predicted octanol–water partition coefficient (Wildman–Crippen LogP) is 3.28. The smallest absolute Gasteiger partial charge is 0.0675 e. The van der Waals surface area contributed by atoms with E-state index in [1.807, 2.05) is 0 Å². The van der Waals surface area contributed by atoms with Gasteiger partial charge >= 0.3 is 0 Å². The minimum atomic E-state index is -0.298. The molecule has 0 saturated heterocycles. The van der Waals surface area contributed by atoms with Crippen molar-refractivity contribution >= 4 is 0 Å². The van der Waals surface area contributed by atoms with E-state index in [0.29, 0.717) is 0 Å². The van der Waals surface area contributed by atoms with Crippen LogP contribution in [0.2, 0.25) is 0 Å². The van der Waals surface area contributed by atoms with Crippen molar-refractivity contribution < 1.29 is 0 Å². The van der Waals surface area contributed by atoms with Crippen molar-refractivity contribution in [1.29, 1.82) is 0 Å². The Labute approximate surface area is 95.9 Å². The fourth-order valence-electron chi connectivity index (χ4n) is 2.74. The Hall–Kier alpha value is -1.60. The molecule has 2 aromatic rings. The first kappa shape index (κ1) is 9.61. The maximum absolute atomic E-state index is 6.58. The Kier molecular flexibility index (Phi) is 1.92. The molecular formula is C15H15N. The third-order valence-corrected chi connectivity index (χ3v) is 3.66. The molecule has 0 atom stereocenters. The average Bonchev–Trinajstić information content (AvgIpc) is 2.62. The van der Waals surface area contributed by atoms with Crippen molar-refractivity contribution in [2.24, 2.45) is 5.73 Å². The third-order valence-electron chi connectivity index (χ3n) is 3.66. The Balaban J connectivity index is 2.39. The van der Waals surface area contributed by atoms with Crippen LogP contribution < -0.4 is 5.73 Å². The van der Waals surface area contributed by atoms with E-state index >= 15 is 0 Å². The van der Waals surface area contributed by atoms with Crippen molar-refractivity contribution in [3.63, 3.8) is 0 Å². The van der Waals surface area contributed by atoms with Gasteiger partial charge in [-0.1, -0.05) is 55.5 Å². The average molecular weight is 209 g/mol. The van der Waals surface area contributed by atoms with E-state index in [1.54, 1.807) is 0 Å². The summed E-state index contributed by atoms with van der Waals surface area (Å²) in [5, 5.41) is 0. The van der Waals surface area contributed by atoms with Gasteiger partial charge in [0.2, 0.25) is 0 Å².